The van der Waals surface area contributed by atoms with E-state index in [0.717, 1.165) is 55.8 Å². The molecule has 0 radical (unpaired) electrons. The average Bonchev–Trinajstić information content (AvgIpc) is 3.09. The summed E-state index contributed by atoms with van der Waals surface area (Å²) in [4.78, 5) is 27.8. The topological polar surface area (TPSA) is 67.2 Å². The third-order valence-corrected chi connectivity index (χ3v) is 6.62. The average molecular weight is 409 g/mol. The van der Waals surface area contributed by atoms with Gasteiger partial charge in [-0.15, -0.1) is 0 Å². The lowest BCUT2D eigenvalue weighted by Crippen LogP contribution is -2.48. The second-order valence-corrected chi connectivity index (χ2v) is 8.70. The van der Waals surface area contributed by atoms with Crippen LogP contribution in [-0.2, 0) is 4.79 Å². The molecule has 160 valence electrons. The highest BCUT2D eigenvalue weighted by Gasteiger charge is 2.30. The van der Waals surface area contributed by atoms with Crippen LogP contribution < -0.4 is 5.32 Å². The van der Waals surface area contributed by atoms with Crippen LogP contribution in [0, 0.1) is 19.8 Å². The first-order valence-corrected chi connectivity index (χ1v) is 11.3. The number of hydrogen-bond donors (Lipinski definition) is 1. The number of amides is 2. The van der Waals surface area contributed by atoms with E-state index in [9.17, 15) is 9.59 Å². The van der Waals surface area contributed by atoms with Gasteiger partial charge in [-0.2, -0.15) is 5.10 Å². The van der Waals surface area contributed by atoms with Crippen LogP contribution in [0.2, 0.25) is 0 Å². The molecule has 0 spiro atoms. The highest BCUT2D eigenvalue weighted by atomic mass is 16.2. The maximum atomic E-state index is 13.0. The molecule has 2 heterocycles. The van der Waals surface area contributed by atoms with E-state index in [1.165, 1.54) is 19.3 Å². The number of piperidine rings is 1. The molecule has 6 heteroatoms. The molecule has 1 saturated heterocycles. The fraction of sp³-hybridized carbons (Fsp3) is 0.542. The highest BCUT2D eigenvalue weighted by molar-refractivity contribution is 5.96. The quantitative estimate of drug-likeness (QED) is 0.837. The molecule has 30 heavy (non-hydrogen) atoms. The fourth-order valence-electron chi connectivity index (χ4n) is 4.90. The summed E-state index contributed by atoms with van der Waals surface area (Å²) in [6.45, 7) is 5.29. The van der Waals surface area contributed by atoms with Crippen molar-refractivity contribution in [3.63, 3.8) is 0 Å². The van der Waals surface area contributed by atoms with Crippen molar-refractivity contribution in [3.8, 4) is 5.69 Å². The third-order valence-electron chi connectivity index (χ3n) is 6.62. The Balaban J connectivity index is 1.36. The molecule has 0 bridgehead atoms. The van der Waals surface area contributed by atoms with Crippen molar-refractivity contribution in [3.05, 3.63) is 47.3 Å². The first kappa shape index (κ1) is 20.6. The second kappa shape index (κ2) is 9.02. The summed E-state index contributed by atoms with van der Waals surface area (Å²) >= 11 is 0. The van der Waals surface area contributed by atoms with Crippen molar-refractivity contribution in [1.82, 2.24) is 20.0 Å². The highest BCUT2D eigenvalue weighted by Crippen LogP contribution is 2.27. The normalized spacial score (nSPS) is 18.4. The molecular weight excluding hydrogens is 376 g/mol. The van der Waals surface area contributed by atoms with Crippen molar-refractivity contribution >= 4 is 11.8 Å². The van der Waals surface area contributed by atoms with Crippen LogP contribution in [0.1, 0.15) is 66.7 Å². The smallest absolute Gasteiger partial charge is 0.255 e. The van der Waals surface area contributed by atoms with Gasteiger partial charge in [0.1, 0.15) is 0 Å². The number of para-hydroxylation sites is 1. The molecule has 1 aliphatic carbocycles. The number of benzene rings is 1. The molecule has 2 aromatic rings. The predicted molar refractivity (Wildman–Crippen MR) is 117 cm³/mol. The van der Waals surface area contributed by atoms with Crippen molar-refractivity contribution < 1.29 is 9.59 Å². The van der Waals surface area contributed by atoms with E-state index in [0.29, 0.717) is 11.5 Å². The summed E-state index contributed by atoms with van der Waals surface area (Å²) in [6.07, 6.45) is 7.33. The summed E-state index contributed by atoms with van der Waals surface area (Å²) in [5, 5.41) is 7.77. The van der Waals surface area contributed by atoms with E-state index in [1.54, 1.807) is 0 Å². The first-order valence-electron chi connectivity index (χ1n) is 11.3. The molecule has 0 atom stereocenters. The summed E-state index contributed by atoms with van der Waals surface area (Å²) < 4.78 is 1.83. The van der Waals surface area contributed by atoms with E-state index in [-0.39, 0.29) is 17.9 Å². The standard InChI is InChI=1S/C24H32N4O2/c1-17-22(18(2)28(26-17)21-11-7-4-8-12-21)23(29)25-20-13-15-27(16-14-20)24(30)19-9-5-3-6-10-19/h4,7-8,11-12,19-20H,3,5-6,9-10,13-16H2,1-2H3,(H,25,29). The SMILES string of the molecule is Cc1nn(-c2ccccc2)c(C)c1C(=O)NC1CCN(C(=O)C2CCCCC2)CC1. The Morgan fingerprint density at radius 3 is 2.30 bits per heavy atom. The third kappa shape index (κ3) is 4.27. The molecule has 1 N–H and O–H groups in total. The van der Waals surface area contributed by atoms with Gasteiger partial charge in [0, 0.05) is 25.0 Å². The molecular formula is C24H32N4O2. The van der Waals surface area contributed by atoms with Crippen molar-refractivity contribution in [1.29, 1.82) is 0 Å². The maximum absolute atomic E-state index is 13.0. The number of nitrogens with one attached hydrogen (secondary N) is 1. The van der Waals surface area contributed by atoms with Gasteiger partial charge in [-0.1, -0.05) is 37.5 Å². The molecule has 1 saturated carbocycles. The van der Waals surface area contributed by atoms with Gasteiger partial charge in [-0.05, 0) is 51.7 Å². The van der Waals surface area contributed by atoms with Crippen LogP contribution in [0.15, 0.2) is 30.3 Å². The van der Waals surface area contributed by atoms with Crippen LogP contribution in [0.3, 0.4) is 0 Å². The van der Waals surface area contributed by atoms with E-state index < -0.39 is 0 Å². The lowest BCUT2D eigenvalue weighted by atomic mass is 9.87. The zero-order valence-corrected chi connectivity index (χ0v) is 18.1. The minimum atomic E-state index is -0.0655. The number of aryl methyl sites for hydroxylation is 1. The van der Waals surface area contributed by atoms with Crippen LogP contribution >= 0.6 is 0 Å². The van der Waals surface area contributed by atoms with Gasteiger partial charge in [0.05, 0.1) is 22.6 Å². The Labute approximate surface area is 178 Å². The van der Waals surface area contributed by atoms with E-state index >= 15 is 0 Å². The summed E-state index contributed by atoms with van der Waals surface area (Å²) in [5.74, 6) is 0.485. The minimum Gasteiger partial charge on any atom is -0.349 e. The van der Waals surface area contributed by atoms with Crippen molar-refractivity contribution in [2.45, 2.75) is 64.8 Å². The van der Waals surface area contributed by atoms with Gasteiger partial charge in [-0.3, -0.25) is 9.59 Å². The minimum absolute atomic E-state index is 0.0655. The molecule has 1 aromatic heterocycles. The van der Waals surface area contributed by atoms with E-state index in [1.807, 2.05) is 53.8 Å². The Kier molecular flexibility index (Phi) is 6.21. The number of likely N-dealkylation sites (tertiary alicyclic amines) is 1. The maximum Gasteiger partial charge on any atom is 0.255 e. The number of hydrogen-bond acceptors (Lipinski definition) is 3. The Morgan fingerprint density at radius 1 is 0.967 bits per heavy atom. The van der Waals surface area contributed by atoms with Crippen LogP contribution in [0.5, 0.6) is 0 Å². The van der Waals surface area contributed by atoms with Gasteiger partial charge in [0.25, 0.3) is 5.91 Å². The van der Waals surface area contributed by atoms with Gasteiger partial charge < -0.3 is 10.2 Å². The Hall–Kier alpha value is -2.63. The van der Waals surface area contributed by atoms with Crippen LogP contribution in [0.4, 0.5) is 0 Å². The monoisotopic (exact) mass is 408 g/mol. The number of carbonyl (C=O) groups excluding carboxylic acids is 2. The van der Waals surface area contributed by atoms with E-state index in [2.05, 4.69) is 10.4 Å². The van der Waals surface area contributed by atoms with Gasteiger partial charge in [0.15, 0.2) is 0 Å². The molecule has 1 aliphatic heterocycles. The molecule has 0 unspecified atom stereocenters. The second-order valence-electron chi connectivity index (χ2n) is 8.70. The predicted octanol–water partition coefficient (Wildman–Crippen LogP) is 3.79. The van der Waals surface area contributed by atoms with E-state index in [4.69, 9.17) is 0 Å². The Bertz CT molecular complexity index is 891. The van der Waals surface area contributed by atoms with Gasteiger partial charge >= 0.3 is 0 Å². The van der Waals surface area contributed by atoms with Crippen molar-refractivity contribution in [2.24, 2.45) is 5.92 Å². The summed E-state index contributed by atoms with van der Waals surface area (Å²) in [6, 6.07) is 9.97. The first-order chi connectivity index (χ1) is 14.5. The largest absolute Gasteiger partial charge is 0.349 e. The lowest BCUT2D eigenvalue weighted by molar-refractivity contribution is -0.137. The molecule has 2 aliphatic rings. The zero-order chi connectivity index (χ0) is 21.1. The molecule has 4 rings (SSSR count). The summed E-state index contributed by atoms with van der Waals surface area (Å²) in [5.41, 5.74) is 3.19. The van der Waals surface area contributed by atoms with Gasteiger partial charge in [0.2, 0.25) is 5.91 Å². The fourth-order valence-corrected chi connectivity index (χ4v) is 4.90. The molecule has 2 amide bonds. The number of rotatable bonds is 4. The Morgan fingerprint density at radius 2 is 1.63 bits per heavy atom. The number of aromatic nitrogens is 2. The van der Waals surface area contributed by atoms with Gasteiger partial charge in [-0.25, -0.2) is 4.68 Å². The summed E-state index contributed by atoms with van der Waals surface area (Å²) in [7, 11) is 0. The molecule has 1 aromatic carbocycles. The van der Waals surface area contributed by atoms with Crippen LogP contribution in [-0.4, -0.2) is 45.6 Å². The lowest BCUT2D eigenvalue weighted by Gasteiger charge is -2.35. The number of nitrogens with zero attached hydrogens (tertiary/aromatic N) is 3. The zero-order valence-electron chi connectivity index (χ0n) is 18.1. The molecule has 6 nitrogen and oxygen atoms in total. The molecule has 2 fully saturated rings. The van der Waals surface area contributed by atoms with Crippen LogP contribution in [0.25, 0.3) is 5.69 Å². The van der Waals surface area contributed by atoms with Crippen molar-refractivity contribution in [2.75, 3.05) is 13.1 Å². The number of carbonyl (C=O) groups is 2.